The van der Waals surface area contributed by atoms with E-state index in [4.69, 9.17) is 17.3 Å². The van der Waals surface area contributed by atoms with E-state index >= 15 is 0 Å². The molecule has 94 valence electrons. The van der Waals surface area contributed by atoms with Gasteiger partial charge in [-0.1, -0.05) is 18.0 Å². The molecule has 1 saturated heterocycles. The van der Waals surface area contributed by atoms with E-state index in [0.717, 1.165) is 5.82 Å². The van der Waals surface area contributed by atoms with Crippen molar-refractivity contribution in [2.45, 2.75) is 45.2 Å². The second-order valence-electron chi connectivity index (χ2n) is 4.76. The van der Waals surface area contributed by atoms with Gasteiger partial charge >= 0.3 is 0 Å². The molecule has 17 heavy (non-hydrogen) atoms. The summed E-state index contributed by atoms with van der Waals surface area (Å²) in [6.45, 7) is 4.44. The molecular formula is C12H19ClN4. The zero-order valence-electron chi connectivity index (χ0n) is 10.3. The smallest absolute Gasteiger partial charge is 0.144 e. The minimum absolute atomic E-state index is 0.421. The summed E-state index contributed by atoms with van der Waals surface area (Å²) < 4.78 is 0. The number of nitrogen functional groups attached to an aromatic ring is 1. The number of nitrogens with zero attached hydrogens (tertiary/aromatic N) is 2. The van der Waals surface area contributed by atoms with Crippen LogP contribution in [0.3, 0.4) is 0 Å². The van der Waals surface area contributed by atoms with Crippen LogP contribution < -0.4 is 11.2 Å². The summed E-state index contributed by atoms with van der Waals surface area (Å²) in [7, 11) is 0. The Morgan fingerprint density at radius 1 is 1.35 bits per heavy atom. The van der Waals surface area contributed by atoms with Crippen LogP contribution in [0.15, 0.2) is 12.1 Å². The van der Waals surface area contributed by atoms with Crippen LogP contribution in [0, 0.1) is 0 Å². The number of hydrazine groups is 1. The molecule has 0 saturated carbocycles. The van der Waals surface area contributed by atoms with Crippen molar-refractivity contribution in [1.82, 2.24) is 9.99 Å². The molecule has 2 heterocycles. The number of nitrogens with one attached hydrogen (secondary N) is 1. The number of pyridine rings is 1. The largest absolute Gasteiger partial charge is 0.399 e. The number of rotatable bonds is 2. The molecule has 0 spiro atoms. The topological polar surface area (TPSA) is 54.2 Å². The van der Waals surface area contributed by atoms with Crippen LogP contribution >= 0.6 is 11.6 Å². The maximum atomic E-state index is 5.89. The van der Waals surface area contributed by atoms with Gasteiger partial charge in [-0.25, -0.2) is 9.99 Å². The Balaban J connectivity index is 2.13. The van der Waals surface area contributed by atoms with Gasteiger partial charge < -0.3 is 11.2 Å². The lowest BCUT2D eigenvalue weighted by molar-refractivity contribution is 0.135. The quantitative estimate of drug-likeness (QED) is 0.797. The second-order valence-corrected chi connectivity index (χ2v) is 5.14. The van der Waals surface area contributed by atoms with Crippen molar-refractivity contribution in [1.29, 1.82) is 0 Å². The molecule has 0 bridgehead atoms. The molecule has 0 aromatic carbocycles. The van der Waals surface area contributed by atoms with Gasteiger partial charge in [-0.05, 0) is 32.8 Å². The van der Waals surface area contributed by atoms with Crippen LogP contribution in [-0.4, -0.2) is 22.1 Å². The third-order valence-corrected chi connectivity index (χ3v) is 3.45. The van der Waals surface area contributed by atoms with E-state index in [-0.39, 0.29) is 0 Å². The first-order valence-corrected chi connectivity index (χ1v) is 6.42. The van der Waals surface area contributed by atoms with E-state index < -0.39 is 0 Å². The molecule has 1 aromatic heterocycles. The molecule has 5 heteroatoms. The van der Waals surface area contributed by atoms with Gasteiger partial charge in [0.25, 0.3) is 0 Å². The van der Waals surface area contributed by atoms with E-state index in [9.17, 15) is 0 Å². The zero-order valence-corrected chi connectivity index (χ0v) is 11.0. The molecule has 1 aromatic rings. The van der Waals surface area contributed by atoms with Gasteiger partial charge in [0, 0.05) is 23.8 Å². The van der Waals surface area contributed by atoms with E-state index in [1.54, 1.807) is 12.1 Å². The van der Waals surface area contributed by atoms with E-state index in [1.807, 2.05) is 0 Å². The normalized spacial score (nSPS) is 25.8. The Bertz CT molecular complexity index is 366. The predicted molar refractivity (Wildman–Crippen MR) is 71.9 cm³/mol. The maximum absolute atomic E-state index is 5.89. The van der Waals surface area contributed by atoms with Crippen LogP contribution in [0.25, 0.3) is 0 Å². The fourth-order valence-corrected chi connectivity index (χ4v) is 2.56. The van der Waals surface area contributed by atoms with E-state index in [0.29, 0.717) is 22.9 Å². The molecule has 1 aliphatic heterocycles. The highest BCUT2D eigenvalue weighted by atomic mass is 35.5. The summed E-state index contributed by atoms with van der Waals surface area (Å²) in [6.07, 6.45) is 3.69. The van der Waals surface area contributed by atoms with Crippen molar-refractivity contribution in [3.63, 3.8) is 0 Å². The van der Waals surface area contributed by atoms with Gasteiger partial charge in [-0.15, -0.1) is 0 Å². The van der Waals surface area contributed by atoms with Gasteiger partial charge in [-0.2, -0.15) is 0 Å². The van der Waals surface area contributed by atoms with Crippen LogP contribution in [0.2, 0.25) is 5.15 Å². The molecule has 0 amide bonds. The second kappa shape index (κ2) is 5.10. The summed E-state index contributed by atoms with van der Waals surface area (Å²) in [5.41, 5.74) is 9.70. The van der Waals surface area contributed by atoms with Crippen molar-refractivity contribution >= 4 is 23.1 Å². The van der Waals surface area contributed by atoms with Crippen molar-refractivity contribution in [2.24, 2.45) is 0 Å². The molecule has 0 radical (unpaired) electrons. The third kappa shape index (κ3) is 3.01. The van der Waals surface area contributed by atoms with Crippen LogP contribution in [-0.2, 0) is 0 Å². The number of piperidine rings is 1. The van der Waals surface area contributed by atoms with E-state index in [2.05, 4.69) is 29.3 Å². The maximum Gasteiger partial charge on any atom is 0.144 e. The number of nitrogens with two attached hydrogens (primary N) is 1. The third-order valence-electron chi connectivity index (χ3n) is 3.25. The lowest BCUT2D eigenvalue weighted by Gasteiger charge is -2.39. The van der Waals surface area contributed by atoms with Gasteiger partial charge in [0.1, 0.15) is 11.0 Å². The van der Waals surface area contributed by atoms with Crippen molar-refractivity contribution in [3.05, 3.63) is 17.3 Å². The number of anilines is 2. The first kappa shape index (κ1) is 12.5. The van der Waals surface area contributed by atoms with Gasteiger partial charge in [0.05, 0.1) is 0 Å². The average molecular weight is 255 g/mol. The summed E-state index contributed by atoms with van der Waals surface area (Å²) in [5, 5.41) is 2.66. The van der Waals surface area contributed by atoms with Crippen LogP contribution in [0.1, 0.15) is 33.1 Å². The van der Waals surface area contributed by atoms with Crippen LogP contribution in [0.5, 0.6) is 0 Å². The fourth-order valence-electron chi connectivity index (χ4n) is 2.35. The summed E-state index contributed by atoms with van der Waals surface area (Å²) in [4.78, 5) is 4.23. The van der Waals surface area contributed by atoms with Crippen molar-refractivity contribution in [2.75, 3.05) is 11.2 Å². The first-order chi connectivity index (χ1) is 8.06. The molecule has 0 aliphatic carbocycles. The molecule has 3 N–H and O–H groups in total. The predicted octanol–water partition coefficient (Wildman–Crippen LogP) is 2.91. The Morgan fingerprint density at radius 2 is 2.00 bits per heavy atom. The highest BCUT2D eigenvalue weighted by molar-refractivity contribution is 6.29. The fraction of sp³-hybridized carbons (Fsp3) is 0.583. The van der Waals surface area contributed by atoms with Crippen LogP contribution in [0.4, 0.5) is 11.5 Å². The summed E-state index contributed by atoms with van der Waals surface area (Å²) >= 11 is 5.89. The Labute approximate surface area is 107 Å². The molecule has 1 fully saturated rings. The van der Waals surface area contributed by atoms with E-state index in [1.165, 1.54) is 19.3 Å². The SMILES string of the molecule is CC1CCCC(C)N1Nc1cc(N)cc(Cl)n1. The zero-order chi connectivity index (χ0) is 12.4. The Kier molecular flexibility index (Phi) is 3.74. The molecular weight excluding hydrogens is 236 g/mol. The average Bonchev–Trinajstić information content (AvgIpc) is 2.22. The number of hydrogen-bond acceptors (Lipinski definition) is 4. The molecule has 1 aliphatic rings. The number of hydrogen-bond donors (Lipinski definition) is 2. The van der Waals surface area contributed by atoms with Gasteiger partial charge in [0.2, 0.25) is 0 Å². The Morgan fingerprint density at radius 3 is 2.59 bits per heavy atom. The Hall–Kier alpha value is -1.00. The highest BCUT2D eigenvalue weighted by Gasteiger charge is 2.24. The summed E-state index contributed by atoms with van der Waals surface area (Å²) in [5.74, 6) is 0.718. The minimum Gasteiger partial charge on any atom is -0.399 e. The van der Waals surface area contributed by atoms with Crippen molar-refractivity contribution in [3.8, 4) is 0 Å². The molecule has 4 nitrogen and oxygen atoms in total. The molecule has 2 unspecified atom stereocenters. The number of aromatic nitrogens is 1. The number of halogens is 1. The van der Waals surface area contributed by atoms with Gasteiger partial charge in [-0.3, -0.25) is 0 Å². The first-order valence-electron chi connectivity index (χ1n) is 6.04. The minimum atomic E-state index is 0.421. The lowest BCUT2D eigenvalue weighted by Crippen LogP contribution is -2.47. The molecule has 2 atom stereocenters. The lowest BCUT2D eigenvalue weighted by atomic mass is 10.00. The van der Waals surface area contributed by atoms with Crippen molar-refractivity contribution < 1.29 is 0 Å². The highest BCUT2D eigenvalue weighted by Crippen LogP contribution is 2.24. The standard InChI is InChI=1S/C12H19ClN4/c1-8-4-3-5-9(2)17(8)16-12-7-10(14)6-11(13)15-12/h6-9H,3-5H2,1-2H3,(H3,14,15,16). The summed E-state index contributed by atoms with van der Waals surface area (Å²) in [6, 6.07) is 4.46. The monoisotopic (exact) mass is 254 g/mol. The molecule has 2 rings (SSSR count). The van der Waals surface area contributed by atoms with Gasteiger partial charge in [0.15, 0.2) is 0 Å².